The van der Waals surface area contributed by atoms with Gasteiger partial charge >= 0.3 is 0 Å². The van der Waals surface area contributed by atoms with Gasteiger partial charge in [-0.1, -0.05) is 48.9 Å². The molecule has 1 aromatic heterocycles. The third-order valence-electron chi connectivity index (χ3n) is 2.85. The fourth-order valence-corrected chi connectivity index (χ4v) is 2.02. The van der Waals surface area contributed by atoms with E-state index in [1.54, 1.807) is 17.0 Å². The van der Waals surface area contributed by atoms with E-state index in [0.29, 0.717) is 18.8 Å². The third kappa shape index (κ3) is 3.78. The number of nitrogens with zero attached hydrogens (tertiary/aromatic N) is 3. The van der Waals surface area contributed by atoms with Crippen molar-refractivity contribution >= 4 is 17.5 Å². The third-order valence-corrected chi connectivity index (χ3v) is 3.05. The Bertz CT molecular complexity index is 557. The Morgan fingerprint density at radius 1 is 1.15 bits per heavy atom. The van der Waals surface area contributed by atoms with Gasteiger partial charge in [0, 0.05) is 13.1 Å². The van der Waals surface area contributed by atoms with Gasteiger partial charge in [0.2, 0.25) is 0 Å². The highest BCUT2D eigenvalue weighted by Gasteiger charge is 2.17. The standard InChI is InChI=1S/C15H16ClN3O/c1-2-10-19(11-12-6-4-3-5-7-12)15(20)13-8-9-14(16)18-17-13/h3-9H,2,10-11H2,1H3. The number of carbonyl (C=O) groups is 1. The van der Waals surface area contributed by atoms with Gasteiger partial charge in [-0.15, -0.1) is 10.2 Å². The SMILES string of the molecule is CCCN(Cc1ccccc1)C(=O)c1ccc(Cl)nn1. The number of benzene rings is 1. The molecule has 0 radical (unpaired) electrons. The molecule has 1 amide bonds. The molecule has 20 heavy (non-hydrogen) atoms. The van der Waals surface area contributed by atoms with Crippen LogP contribution in [0.1, 0.15) is 29.4 Å². The van der Waals surface area contributed by atoms with Crippen LogP contribution in [0.3, 0.4) is 0 Å². The molecule has 0 N–H and O–H groups in total. The lowest BCUT2D eigenvalue weighted by Gasteiger charge is -2.21. The Hall–Kier alpha value is -1.94. The molecule has 4 nitrogen and oxygen atoms in total. The van der Waals surface area contributed by atoms with Crippen LogP contribution < -0.4 is 0 Å². The van der Waals surface area contributed by atoms with Gasteiger partial charge in [0.05, 0.1) is 0 Å². The summed E-state index contributed by atoms with van der Waals surface area (Å²) in [7, 11) is 0. The van der Waals surface area contributed by atoms with E-state index in [-0.39, 0.29) is 11.1 Å². The summed E-state index contributed by atoms with van der Waals surface area (Å²) in [6.07, 6.45) is 0.888. The molecule has 1 heterocycles. The maximum Gasteiger partial charge on any atom is 0.274 e. The zero-order valence-corrected chi connectivity index (χ0v) is 12.0. The molecule has 0 atom stereocenters. The molecule has 0 aliphatic heterocycles. The molecule has 0 spiro atoms. The van der Waals surface area contributed by atoms with Gasteiger partial charge in [-0.3, -0.25) is 4.79 Å². The van der Waals surface area contributed by atoms with Crippen LogP contribution in [0, 0.1) is 0 Å². The number of hydrogen-bond acceptors (Lipinski definition) is 3. The lowest BCUT2D eigenvalue weighted by Crippen LogP contribution is -2.32. The van der Waals surface area contributed by atoms with Crippen molar-refractivity contribution in [2.75, 3.05) is 6.54 Å². The molecule has 2 rings (SSSR count). The average Bonchev–Trinajstić information content (AvgIpc) is 2.48. The lowest BCUT2D eigenvalue weighted by molar-refractivity contribution is 0.0736. The molecule has 0 unspecified atom stereocenters. The van der Waals surface area contributed by atoms with E-state index in [9.17, 15) is 4.79 Å². The van der Waals surface area contributed by atoms with E-state index < -0.39 is 0 Å². The van der Waals surface area contributed by atoms with Crippen molar-refractivity contribution in [1.29, 1.82) is 0 Å². The number of hydrogen-bond donors (Lipinski definition) is 0. The molecule has 0 aliphatic carbocycles. The highest BCUT2D eigenvalue weighted by molar-refractivity contribution is 6.29. The summed E-state index contributed by atoms with van der Waals surface area (Å²) < 4.78 is 0. The van der Waals surface area contributed by atoms with Crippen LogP contribution in [0.5, 0.6) is 0 Å². The molecule has 0 saturated carbocycles. The molecular formula is C15H16ClN3O. The second-order valence-corrected chi connectivity index (χ2v) is 4.84. The van der Waals surface area contributed by atoms with Gasteiger partial charge in [-0.2, -0.15) is 0 Å². The van der Waals surface area contributed by atoms with E-state index in [1.807, 2.05) is 37.3 Å². The summed E-state index contributed by atoms with van der Waals surface area (Å²) in [5.74, 6) is -0.125. The maximum atomic E-state index is 12.4. The van der Waals surface area contributed by atoms with E-state index in [0.717, 1.165) is 12.0 Å². The molecule has 1 aromatic carbocycles. The number of rotatable bonds is 5. The quantitative estimate of drug-likeness (QED) is 0.849. The van der Waals surface area contributed by atoms with Crippen LogP contribution in [0.2, 0.25) is 5.15 Å². The summed E-state index contributed by atoms with van der Waals surface area (Å²) in [5, 5.41) is 7.85. The van der Waals surface area contributed by atoms with Crippen LogP contribution in [0.4, 0.5) is 0 Å². The molecule has 0 bridgehead atoms. The first-order chi connectivity index (χ1) is 9.70. The first kappa shape index (κ1) is 14.5. The van der Waals surface area contributed by atoms with Gasteiger partial charge in [-0.25, -0.2) is 0 Å². The van der Waals surface area contributed by atoms with Crippen LogP contribution in [0.25, 0.3) is 0 Å². The summed E-state index contributed by atoms with van der Waals surface area (Å²) >= 11 is 5.69. The molecule has 104 valence electrons. The molecule has 2 aromatic rings. The van der Waals surface area contributed by atoms with Crippen molar-refractivity contribution in [3.63, 3.8) is 0 Å². The summed E-state index contributed by atoms with van der Waals surface area (Å²) in [6, 6.07) is 13.1. The number of aromatic nitrogens is 2. The zero-order chi connectivity index (χ0) is 14.4. The topological polar surface area (TPSA) is 46.1 Å². The first-order valence-corrected chi connectivity index (χ1v) is 6.91. The summed E-state index contributed by atoms with van der Waals surface area (Å²) in [6.45, 7) is 3.29. The van der Waals surface area contributed by atoms with Crippen molar-refractivity contribution < 1.29 is 4.79 Å². The molecule has 5 heteroatoms. The minimum atomic E-state index is -0.125. The predicted molar refractivity (Wildman–Crippen MR) is 78.5 cm³/mol. The smallest absolute Gasteiger partial charge is 0.274 e. The Morgan fingerprint density at radius 3 is 2.50 bits per heavy atom. The highest BCUT2D eigenvalue weighted by Crippen LogP contribution is 2.10. The second kappa shape index (κ2) is 7.01. The van der Waals surface area contributed by atoms with Crippen molar-refractivity contribution in [2.45, 2.75) is 19.9 Å². The fraction of sp³-hybridized carbons (Fsp3) is 0.267. The first-order valence-electron chi connectivity index (χ1n) is 6.53. The normalized spacial score (nSPS) is 10.3. The molecular weight excluding hydrogens is 274 g/mol. The van der Waals surface area contributed by atoms with Gasteiger partial charge in [0.15, 0.2) is 10.8 Å². The van der Waals surface area contributed by atoms with Gasteiger partial charge in [0.25, 0.3) is 5.91 Å². The maximum absolute atomic E-state index is 12.4. The van der Waals surface area contributed by atoms with Crippen molar-refractivity contribution in [2.24, 2.45) is 0 Å². The fourth-order valence-electron chi connectivity index (χ4n) is 1.92. The van der Waals surface area contributed by atoms with Gasteiger partial charge in [0.1, 0.15) is 0 Å². The Morgan fingerprint density at radius 2 is 1.90 bits per heavy atom. The largest absolute Gasteiger partial charge is 0.333 e. The highest BCUT2D eigenvalue weighted by atomic mass is 35.5. The van der Waals surface area contributed by atoms with E-state index in [2.05, 4.69) is 10.2 Å². The van der Waals surface area contributed by atoms with Crippen LogP contribution >= 0.6 is 11.6 Å². The minimum Gasteiger partial charge on any atom is -0.333 e. The molecule has 0 fully saturated rings. The predicted octanol–water partition coefficient (Wildman–Crippen LogP) is 3.18. The summed E-state index contributed by atoms with van der Waals surface area (Å²) in [4.78, 5) is 14.2. The number of amides is 1. The van der Waals surface area contributed by atoms with Crippen molar-refractivity contribution in [3.8, 4) is 0 Å². The van der Waals surface area contributed by atoms with Gasteiger partial charge < -0.3 is 4.90 Å². The van der Waals surface area contributed by atoms with Crippen molar-refractivity contribution in [3.05, 3.63) is 58.9 Å². The van der Waals surface area contributed by atoms with E-state index in [1.165, 1.54) is 0 Å². The Labute approximate surface area is 123 Å². The van der Waals surface area contributed by atoms with E-state index >= 15 is 0 Å². The van der Waals surface area contributed by atoms with Crippen molar-refractivity contribution in [1.82, 2.24) is 15.1 Å². The Kier molecular flexibility index (Phi) is 5.07. The van der Waals surface area contributed by atoms with Gasteiger partial charge in [-0.05, 0) is 24.1 Å². The van der Waals surface area contributed by atoms with Crippen LogP contribution in [0.15, 0.2) is 42.5 Å². The minimum absolute atomic E-state index is 0.125. The Balaban J connectivity index is 2.15. The van der Waals surface area contributed by atoms with Crippen LogP contribution in [-0.2, 0) is 6.54 Å². The zero-order valence-electron chi connectivity index (χ0n) is 11.3. The molecule has 0 saturated heterocycles. The monoisotopic (exact) mass is 289 g/mol. The molecule has 0 aliphatic rings. The lowest BCUT2D eigenvalue weighted by atomic mass is 10.2. The van der Waals surface area contributed by atoms with Crippen LogP contribution in [-0.4, -0.2) is 27.5 Å². The number of halogens is 1. The second-order valence-electron chi connectivity index (χ2n) is 4.45. The summed E-state index contributed by atoms with van der Waals surface area (Å²) in [5.41, 5.74) is 1.41. The average molecular weight is 290 g/mol. The van der Waals surface area contributed by atoms with E-state index in [4.69, 9.17) is 11.6 Å². The number of carbonyl (C=O) groups excluding carboxylic acids is 1.